The first-order valence-corrected chi connectivity index (χ1v) is 7.88. The molecule has 0 amide bonds. The normalized spacial score (nSPS) is 22.7. The molecule has 1 heterocycles. The van der Waals surface area contributed by atoms with Crippen LogP contribution in [0, 0.1) is 5.92 Å². The van der Waals surface area contributed by atoms with Gasteiger partial charge in [0.25, 0.3) is 0 Å². The fourth-order valence-electron chi connectivity index (χ4n) is 2.91. The number of hydrogen-bond acceptors (Lipinski definition) is 3. The molecule has 0 aliphatic heterocycles. The first-order chi connectivity index (χ1) is 9.26. The van der Waals surface area contributed by atoms with E-state index in [9.17, 15) is 0 Å². The van der Waals surface area contributed by atoms with Crippen LogP contribution in [0.3, 0.4) is 0 Å². The van der Waals surface area contributed by atoms with Crippen LogP contribution in [0.2, 0.25) is 0 Å². The number of rotatable bonds is 6. The van der Waals surface area contributed by atoms with Crippen LogP contribution >= 0.6 is 0 Å². The van der Waals surface area contributed by atoms with Gasteiger partial charge < -0.3 is 5.32 Å². The summed E-state index contributed by atoms with van der Waals surface area (Å²) in [5.74, 6) is 3.56. The summed E-state index contributed by atoms with van der Waals surface area (Å²) < 4.78 is 0. The highest BCUT2D eigenvalue weighted by Crippen LogP contribution is 2.38. The minimum Gasteiger partial charge on any atom is -0.370 e. The van der Waals surface area contributed by atoms with Gasteiger partial charge in [-0.05, 0) is 38.0 Å². The maximum absolute atomic E-state index is 4.76. The van der Waals surface area contributed by atoms with E-state index in [4.69, 9.17) is 9.97 Å². The van der Waals surface area contributed by atoms with Crippen LogP contribution in [0.15, 0.2) is 6.07 Å². The minimum atomic E-state index is 0.582. The Hall–Kier alpha value is -1.12. The van der Waals surface area contributed by atoms with Gasteiger partial charge in [-0.2, -0.15) is 0 Å². The van der Waals surface area contributed by atoms with Crippen molar-refractivity contribution in [3.8, 4) is 0 Å². The van der Waals surface area contributed by atoms with Crippen molar-refractivity contribution in [3.63, 3.8) is 0 Å². The molecule has 1 N–H and O–H groups in total. The van der Waals surface area contributed by atoms with Crippen LogP contribution in [-0.2, 0) is 6.42 Å². The van der Waals surface area contributed by atoms with E-state index in [2.05, 4.69) is 32.2 Å². The highest BCUT2D eigenvalue weighted by atomic mass is 15.0. The van der Waals surface area contributed by atoms with Crippen molar-refractivity contribution in [2.45, 2.75) is 65.2 Å². The number of aromatic nitrogens is 2. The summed E-state index contributed by atoms with van der Waals surface area (Å²) in [7, 11) is 0. The zero-order valence-corrected chi connectivity index (χ0v) is 12.6. The van der Waals surface area contributed by atoms with Gasteiger partial charge >= 0.3 is 0 Å². The zero-order chi connectivity index (χ0) is 13.7. The second-order valence-corrected chi connectivity index (χ2v) is 5.67. The maximum atomic E-state index is 4.76. The van der Waals surface area contributed by atoms with Gasteiger partial charge in [-0.1, -0.05) is 27.2 Å². The van der Waals surface area contributed by atoms with E-state index in [1.165, 1.54) is 31.4 Å². The highest BCUT2D eigenvalue weighted by Gasteiger charge is 2.27. The number of hydrogen-bond donors (Lipinski definition) is 1. The maximum Gasteiger partial charge on any atom is 0.134 e. The Labute approximate surface area is 117 Å². The topological polar surface area (TPSA) is 37.8 Å². The number of anilines is 1. The third-order valence-electron chi connectivity index (χ3n) is 4.20. The summed E-state index contributed by atoms with van der Waals surface area (Å²) in [6.45, 7) is 7.63. The lowest BCUT2D eigenvalue weighted by atomic mass is 10.0. The number of nitrogens with zero attached hydrogens (tertiary/aromatic N) is 2. The molecule has 1 aromatic rings. The summed E-state index contributed by atoms with van der Waals surface area (Å²) in [6.07, 6.45) is 7.29. The lowest BCUT2D eigenvalue weighted by molar-refractivity contribution is 0.516. The van der Waals surface area contributed by atoms with E-state index in [1.54, 1.807) is 0 Å². The summed E-state index contributed by atoms with van der Waals surface area (Å²) >= 11 is 0. The molecule has 0 radical (unpaired) electrons. The fraction of sp³-hybridized carbons (Fsp3) is 0.750. The molecule has 1 aliphatic rings. The molecule has 1 aliphatic carbocycles. The highest BCUT2D eigenvalue weighted by molar-refractivity contribution is 5.36. The predicted octanol–water partition coefficient (Wildman–Crippen LogP) is 4.15. The van der Waals surface area contributed by atoms with E-state index in [1.807, 2.05) is 0 Å². The molecule has 19 heavy (non-hydrogen) atoms. The van der Waals surface area contributed by atoms with Gasteiger partial charge in [-0.3, -0.25) is 0 Å². The Morgan fingerprint density at radius 2 is 2.05 bits per heavy atom. The van der Waals surface area contributed by atoms with Gasteiger partial charge in [-0.15, -0.1) is 0 Å². The second kappa shape index (κ2) is 6.88. The Kier molecular flexibility index (Phi) is 5.17. The quantitative estimate of drug-likeness (QED) is 0.835. The molecule has 0 bridgehead atoms. The number of nitrogens with one attached hydrogen (secondary N) is 1. The van der Waals surface area contributed by atoms with Gasteiger partial charge in [0.1, 0.15) is 11.6 Å². The van der Waals surface area contributed by atoms with Gasteiger partial charge in [0.15, 0.2) is 0 Å². The summed E-state index contributed by atoms with van der Waals surface area (Å²) in [4.78, 5) is 9.51. The molecule has 1 aromatic heterocycles. The van der Waals surface area contributed by atoms with E-state index in [0.29, 0.717) is 5.92 Å². The van der Waals surface area contributed by atoms with Crippen LogP contribution in [0.1, 0.15) is 70.3 Å². The van der Waals surface area contributed by atoms with Crippen molar-refractivity contribution >= 4 is 5.82 Å². The first-order valence-electron chi connectivity index (χ1n) is 7.88. The van der Waals surface area contributed by atoms with Gasteiger partial charge in [0, 0.05) is 24.2 Å². The Morgan fingerprint density at radius 1 is 1.21 bits per heavy atom. The molecule has 1 saturated carbocycles. The summed E-state index contributed by atoms with van der Waals surface area (Å²) in [5, 5.41) is 3.41. The van der Waals surface area contributed by atoms with Crippen molar-refractivity contribution < 1.29 is 0 Å². The minimum absolute atomic E-state index is 0.582. The van der Waals surface area contributed by atoms with Gasteiger partial charge in [0.05, 0.1) is 0 Å². The Bertz CT molecular complexity index is 403. The largest absolute Gasteiger partial charge is 0.370 e. The van der Waals surface area contributed by atoms with E-state index >= 15 is 0 Å². The van der Waals surface area contributed by atoms with Gasteiger partial charge in [0.2, 0.25) is 0 Å². The molecule has 1 fully saturated rings. The van der Waals surface area contributed by atoms with E-state index < -0.39 is 0 Å². The molecule has 0 saturated heterocycles. The smallest absolute Gasteiger partial charge is 0.134 e. The molecule has 3 heteroatoms. The molecule has 0 aromatic carbocycles. The van der Waals surface area contributed by atoms with Crippen molar-refractivity contribution in [1.82, 2.24) is 9.97 Å². The van der Waals surface area contributed by atoms with Crippen LogP contribution in [0.25, 0.3) is 0 Å². The molecule has 2 atom stereocenters. The molecular formula is C16H27N3. The van der Waals surface area contributed by atoms with E-state index in [-0.39, 0.29) is 0 Å². The molecule has 2 unspecified atom stereocenters. The summed E-state index contributed by atoms with van der Waals surface area (Å²) in [5.41, 5.74) is 1.17. The van der Waals surface area contributed by atoms with Crippen molar-refractivity contribution in [1.29, 1.82) is 0 Å². The molecule has 2 rings (SSSR count). The fourth-order valence-corrected chi connectivity index (χ4v) is 2.91. The van der Waals surface area contributed by atoms with E-state index in [0.717, 1.165) is 36.9 Å². The Morgan fingerprint density at radius 3 is 2.68 bits per heavy atom. The molecule has 0 spiro atoms. The summed E-state index contributed by atoms with van der Waals surface area (Å²) in [6, 6.07) is 2.10. The monoisotopic (exact) mass is 261 g/mol. The van der Waals surface area contributed by atoms with Crippen molar-refractivity contribution in [2.24, 2.45) is 5.92 Å². The third-order valence-corrected chi connectivity index (χ3v) is 4.20. The average molecular weight is 261 g/mol. The SMILES string of the molecule is CCCNc1cc(CC)nc(C2CCC(CC)C2)n1. The first kappa shape index (κ1) is 14.3. The zero-order valence-electron chi connectivity index (χ0n) is 12.6. The number of aryl methyl sites for hydroxylation is 1. The third kappa shape index (κ3) is 3.68. The Balaban J connectivity index is 2.14. The lowest BCUT2D eigenvalue weighted by Crippen LogP contribution is -2.09. The van der Waals surface area contributed by atoms with Crippen LogP contribution in [-0.4, -0.2) is 16.5 Å². The van der Waals surface area contributed by atoms with Crippen molar-refractivity contribution in [3.05, 3.63) is 17.6 Å². The van der Waals surface area contributed by atoms with Crippen LogP contribution in [0.4, 0.5) is 5.82 Å². The molecule has 3 nitrogen and oxygen atoms in total. The molecular weight excluding hydrogens is 234 g/mol. The molecule has 106 valence electrons. The van der Waals surface area contributed by atoms with Crippen molar-refractivity contribution in [2.75, 3.05) is 11.9 Å². The predicted molar refractivity (Wildman–Crippen MR) is 80.6 cm³/mol. The average Bonchev–Trinajstić information content (AvgIpc) is 2.93. The second-order valence-electron chi connectivity index (χ2n) is 5.67. The van der Waals surface area contributed by atoms with Crippen LogP contribution in [0.5, 0.6) is 0 Å². The lowest BCUT2D eigenvalue weighted by Gasteiger charge is -2.13. The van der Waals surface area contributed by atoms with Crippen LogP contribution < -0.4 is 5.32 Å². The standard InChI is InChI=1S/C16H27N3/c1-4-9-17-15-11-14(6-3)18-16(19-15)13-8-7-12(5-2)10-13/h11-13H,4-10H2,1-3H3,(H,17,18,19). The van der Waals surface area contributed by atoms with Gasteiger partial charge in [-0.25, -0.2) is 9.97 Å².